The number of piperidine rings is 1. The normalized spacial score (nSPS) is 17.9. The van der Waals surface area contributed by atoms with Gasteiger partial charge in [-0.05, 0) is 45.1 Å². The number of rotatable bonds is 4. The summed E-state index contributed by atoms with van der Waals surface area (Å²) in [6.07, 6.45) is 2.40. The minimum absolute atomic E-state index is 0.661. The van der Waals surface area contributed by atoms with E-state index in [1.807, 2.05) is 25.2 Å². The van der Waals surface area contributed by atoms with E-state index in [1.165, 1.54) is 12.8 Å². The third kappa shape index (κ3) is 3.16. The van der Waals surface area contributed by atoms with Crippen molar-refractivity contribution in [3.05, 3.63) is 28.8 Å². The van der Waals surface area contributed by atoms with Gasteiger partial charge in [-0.15, -0.1) is 0 Å². The number of likely N-dealkylation sites (tertiary alicyclic amines) is 1. The van der Waals surface area contributed by atoms with Gasteiger partial charge in [0.25, 0.3) is 0 Å². The van der Waals surface area contributed by atoms with Crippen molar-refractivity contribution >= 4 is 11.6 Å². The van der Waals surface area contributed by atoms with E-state index >= 15 is 0 Å². The predicted molar refractivity (Wildman–Crippen MR) is 75.4 cm³/mol. The molecule has 1 aromatic carbocycles. The fraction of sp³-hybridized carbons (Fsp3) is 0.571. The summed E-state index contributed by atoms with van der Waals surface area (Å²) in [6, 6.07) is 6.49. The highest BCUT2D eigenvalue weighted by Crippen LogP contribution is 2.28. The summed E-state index contributed by atoms with van der Waals surface area (Å²) in [4.78, 5) is 2.44. The van der Waals surface area contributed by atoms with Gasteiger partial charge in [0.15, 0.2) is 0 Å². The maximum absolute atomic E-state index is 6.26. The van der Waals surface area contributed by atoms with Crippen molar-refractivity contribution in [2.45, 2.75) is 25.4 Å². The lowest BCUT2D eigenvalue weighted by Crippen LogP contribution is -2.40. The van der Waals surface area contributed by atoms with Crippen molar-refractivity contribution in [2.75, 3.05) is 27.2 Å². The zero-order valence-electron chi connectivity index (χ0n) is 11.1. The highest BCUT2D eigenvalue weighted by molar-refractivity contribution is 6.31. The van der Waals surface area contributed by atoms with Crippen LogP contribution in [0, 0.1) is 0 Å². The maximum atomic E-state index is 6.26. The SMILES string of the molecule is CNC1CCN(Cc2c(Cl)cccc2OC)CC1. The molecule has 0 unspecified atom stereocenters. The first-order valence-electron chi connectivity index (χ1n) is 6.45. The van der Waals surface area contributed by atoms with Crippen molar-refractivity contribution in [3.63, 3.8) is 0 Å². The molecule has 0 aliphatic carbocycles. The van der Waals surface area contributed by atoms with Gasteiger partial charge in [0.1, 0.15) is 5.75 Å². The summed E-state index contributed by atoms with van der Waals surface area (Å²) in [5, 5.41) is 4.14. The molecule has 1 aliphatic rings. The van der Waals surface area contributed by atoms with Gasteiger partial charge < -0.3 is 10.1 Å². The van der Waals surface area contributed by atoms with Crippen LogP contribution in [-0.2, 0) is 6.54 Å². The Hall–Kier alpha value is -0.770. The number of hydrogen-bond donors (Lipinski definition) is 1. The highest BCUT2D eigenvalue weighted by atomic mass is 35.5. The van der Waals surface area contributed by atoms with Gasteiger partial charge in [0.05, 0.1) is 7.11 Å². The summed E-state index contributed by atoms with van der Waals surface area (Å²) in [6.45, 7) is 3.10. The highest BCUT2D eigenvalue weighted by Gasteiger charge is 2.19. The predicted octanol–water partition coefficient (Wildman–Crippen LogP) is 2.53. The van der Waals surface area contributed by atoms with E-state index in [0.29, 0.717) is 6.04 Å². The quantitative estimate of drug-likeness (QED) is 0.908. The Morgan fingerprint density at radius 2 is 2.11 bits per heavy atom. The van der Waals surface area contributed by atoms with Crippen LogP contribution < -0.4 is 10.1 Å². The van der Waals surface area contributed by atoms with Crippen LogP contribution in [0.4, 0.5) is 0 Å². The monoisotopic (exact) mass is 268 g/mol. The van der Waals surface area contributed by atoms with E-state index in [2.05, 4.69) is 10.2 Å². The van der Waals surface area contributed by atoms with Gasteiger partial charge in [0, 0.05) is 23.2 Å². The Bertz CT molecular complexity index is 389. The summed E-state index contributed by atoms with van der Waals surface area (Å²) < 4.78 is 5.39. The molecule has 18 heavy (non-hydrogen) atoms. The second kappa shape index (κ2) is 6.41. The van der Waals surface area contributed by atoms with Crippen LogP contribution in [0.1, 0.15) is 18.4 Å². The van der Waals surface area contributed by atoms with Crippen molar-refractivity contribution in [1.82, 2.24) is 10.2 Å². The fourth-order valence-corrected chi connectivity index (χ4v) is 2.71. The molecule has 0 saturated carbocycles. The lowest BCUT2D eigenvalue weighted by atomic mass is 10.0. The zero-order valence-corrected chi connectivity index (χ0v) is 11.8. The Kier molecular flexibility index (Phi) is 4.87. The van der Waals surface area contributed by atoms with Crippen molar-refractivity contribution in [1.29, 1.82) is 0 Å². The van der Waals surface area contributed by atoms with E-state index in [0.717, 1.165) is 36.0 Å². The largest absolute Gasteiger partial charge is 0.496 e. The minimum atomic E-state index is 0.661. The van der Waals surface area contributed by atoms with E-state index in [4.69, 9.17) is 16.3 Å². The number of nitrogens with one attached hydrogen (secondary N) is 1. The molecule has 3 nitrogen and oxygen atoms in total. The molecule has 1 aromatic rings. The first-order valence-corrected chi connectivity index (χ1v) is 6.83. The first-order chi connectivity index (χ1) is 8.74. The molecule has 4 heteroatoms. The standard InChI is InChI=1S/C14H21ClN2O/c1-16-11-6-8-17(9-7-11)10-12-13(15)4-3-5-14(12)18-2/h3-5,11,16H,6-10H2,1-2H3. The molecule has 2 rings (SSSR count). The molecule has 1 fully saturated rings. The van der Waals surface area contributed by atoms with Gasteiger partial charge in [-0.3, -0.25) is 4.90 Å². The summed E-state index contributed by atoms with van der Waals surface area (Å²) >= 11 is 6.26. The number of halogens is 1. The maximum Gasteiger partial charge on any atom is 0.124 e. The Labute approximate surface area is 114 Å². The molecule has 100 valence electrons. The van der Waals surface area contributed by atoms with Crippen molar-refractivity contribution in [3.8, 4) is 5.75 Å². The smallest absolute Gasteiger partial charge is 0.124 e. The molecule has 0 amide bonds. The van der Waals surface area contributed by atoms with Crippen LogP contribution >= 0.6 is 11.6 Å². The van der Waals surface area contributed by atoms with Crippen molar-refractivity contribution in [2.24, 2.45) is 0 Å². The van der Waals surface area contributed by atoms with Crippen LogP contribution in [0.5, 0.6) is 5.75 Å². The molecule has 1 N–H and O–H groups in total. The van der Waals surface area contributed by atoms with Crippen LogP contribution in [0.2, 0.25) is 5.02 Å². The molecule has 1 saturated heterocycles. The van der Waals surface area contributed by atoms with E-state index < -0.39 is 0 Å². The average Bonchev–Trinajstić information content (AvgIpc) is 2.42. The molecule has 0 spiro atoms. The van der Waals surface area contributed by atoms with Crippen LogP contribution in [0.3, 0.4) is 0 Å². The van der Waals surface area contributed by atoms with Crippen LogP contribution in [0.25, 0.3) is 0 Å². The van der Waals surface area contributed by atoms with Gasteiger partial charge in [-0.1, -0.05) is 17.7 Å². The first kappa shape index (κ1) is 13.7. The topological polar surface area (TPSA) is 24.5 Å². The molecule has 0 bridgehead atoms. The Balaban J connectivity index is 2.02. The molecule has 1 heterocycles. The molecular weight excluding hydrogens is 248 g/mol. The van der Waals surface area contributed by atoms with Crippen LogP contribution in [-0.4, -0.2) is 38.2 Å². The molecule has 0 atom stereocenters. The van der Waals surface area contributed by atoms with Gasteiger partial charge in [-0.25, -0.2) is 0 Å². The molecule has 1 aliphatic heterocycles. The molecule has 0 aromatic heterocycles. The molecule has 0 radical (unpaired) electrons. The van der Waals surface area contributed by atoms with E-state index in [1.54, 1.807) is 7.11 Å². The summed E-state index contributed by atoms with van der Waals surface area (Å²) in [5.41, 5.74) is 1.10. The number of ether oxygens (including phenoxy) is 1. The molecular formula is C14H21ClN2O. The number of benzene rings is 1. The van der Waals surface area contributed by atoms with E-state index in [9.17, 15) is 0 Å². The average molecular weight is 269 g/mol. The number of hydrogen-bond acceptors (Lipinski definition) is 3. The third-order valence-electron chi connectivity index (χ3n) is 3.67. The second-order valence-electron chi connectivity index (χ2n) is 4.76. The number of nitrogens with zero attached hydrogens (tertiary/aromatic N) is 1. The lowest BCUT2D eigenvalue weighted by molar-refractivity contribution is 0.192. The van der Waals surface area contributed by atoms with E-state index in [-0.39, 0.29) is 0 Å². The Morgan fingerprint density at radius 1 is 1.39 bits per heavy atom. The number of methoxy groups -OCH3 is 1. The van der Waals surface area contributed by atoms with Crippen molar-refractivity contribution < 1.29 is 4.74 Å². The summed E-state index contributed by atoms with van der Waals surface area (Å²) in [7, 11) is 3.74. The van der Waals surface area contributed by atoms with Gasteiger partial charge in [-0.2, -0.15) is 0 Å². The van der Waals surface area contributed by atoms with Gasteiger partial charge in [0.2, 0.25) is 0 Å². The second-order valence-corrected chi connectivity index (χ2v) is 5.17. The summed E-state index contributed by atoms with van der Waals surface area (Å²) in [5.74, 6) is 0.887. The Morgan fingerprint density at radius 3 is 2.72 bits per heavy atom. The minimum Gasteiger partial charge on any atom is -0.496 e. The van der Waals surface area contributed by atoms with Gasteiger partial charge >= 0.3 is 0 Å². The lowest BCUT2D eigenvalue weighted by Gasteiger charge is -2.32. The zero-order chi connectivity index (χ0) is 13.0. The third-order valence-corrected chi connectivity index (χ3v) is 4.03. The van der Waals surface area contributed by atoms with Crippen LogP contribution in [0.15, 0.2) is 18.2 Å². The fourth-order valence-electron chi connectivity index (χ4n) is 2.49.